The molecule has 0 aliphatic heterocycles. The molecule has 4 N–H and O–H groups in total. The molecule has 6 nitrogen and oxygen atoms in total. The molecule has 0 saturated carbocycles. The maximum Gasteiger partial charge on any atom is 0.244 e. The summed E-state index contributed by atoms with van der Waals surface area (Å²) in [5, 5.41) is 13.1. The van der Waals surface area contributed by atoms with Gasteiger partial charge in [0.2, 0.25) is 5.78 Å². The highest BCUT2D eigenvalue weighted by molar-refractivity contribution is 6.18. The molecule has 0 bridgehead atoms. The number of likely N-dealkylation sites (N-methyl/N-ethyl adjacent to an activating group) is 1. The quantitative estimate of drug-likeness (QED) is 0.309. The Morgan fingerprint density at radius 2 is 2.13 bits per heavy atom. The molecular weight excluding hydrogens is 198 g/mol. The van der Waals surface area contributed by atoms with Crippen LogP contribution in [0, 0.1) is 0 Å². The molecule has 0 spiro atoms. The molecule has 82 valence electrons. The second kappa shape index (κ2) is 4.72. The summed E-state index contributed by atoms with van der Waals surface area (Å²) in [6, 6.07) is 0. The van der Waals surface area contributed by atoms with Gasteiger partial charge in [-0.1, -0.05) is 0 Å². The molecule has 15 heavy (non-hydrogen) atoms. The molecule has 0 atom stereocenters. The van der Waals surface area contributed by atoms with Gasteiger partial charge in [0.05, 0.1) is 0 Å². The van der Waals surface area contributed by atoms with Gasteiger partial charge in [-0.25, -0.2) is 5.84 Å². The molecule has 1 rings (SSSR count). The first kappa shape index (κ1) is 11.4. The van der Waals surface area contributed by atoms with Crippen LogP contribution in [0.4, 0.5) is 0 Å². The van der Waals surface area contributed by atoms with E-state index in [0.717, 1.165) is 17.2 Å². The maximum atomic E-state index is 11.4. The Labute approximate surface area is 87.0 Å². The van der Waals surface area contributed by atoms with Crippen LogP contribution in [0.15, 0.2) is 23.6 Å². The standard InChI is InChI=1S/C9H13N3O3/c1-11-2-3-12(10)7-4-6(13)5-8(14)9(7)15/h4-5,11,14H,2-3,10H2,1H3. The molecule has 1 aliphatic carbocycles. The summed E-state index contributed by atoms with van der Waals surface area (Å²) in [5.41, 5.74) is 0.00949. The van der Waals surface area contributed by atoms with E-state index in [1.807, 2.05) is 0 Å². The van der Waals surface area contributed by atoms with Crippen molar-refractivity contribution in [3.05, 3.63) is 23.6 Å². The van der Waals surface area contributed by atoms with E-state index in [0.29, 0.717) is 13.1 Å². The SMILES string of the molecule is CNCCN(N)C1=CC(=O)C=C(O)C1=O. The van der Waals surface area contributed by atoms with Crippen molar-refractivity contribution in [2.75, 3.05) is 20.1 Å². The van der Waals surface area contributed by atoms with Crippen LogP contribution in [0.1, 0.15) is 0 Å². The van der Waals surface area contributed by atoms with E-state index in [1.54, 1.807) is 7.05 Å². The summed E-state index contributed by atoms with van der Waals surface area (Å²) in [6.45, 7) is 0.939. The van der Waals surface area contributed by atoms with E-state index in [9.17, 15) is 9.59 Å². The van der Waals surface area contributed by atoms with Crippen molar-refractivity contribution in [3.63, 3.8) is 0 Å². The van der Waals surface area contributed by atoms with Gasteiger partial charge in [-0.05, 0) is 7.05 Å². The highest BCUT2D eigenvalue weighted by Gasteiger charge is 2.24. The van der Waals surface area contributed by atoms with E-state index in [1.165, 1.54) is 0 Å². The lowest BCUT2D eigenvalue weighted by molar-refractivity contribution is -0.118. The van der Waals surface area contributed by atoms with Crippen LogP contribution < -0.4 is 11.2 Å². The number of allylic oxidation sites excluding steroid dienone is 2. The van der Waals surface area contributed by atoms with Crippen LogP contribution >= 0.6 is 0 Å². The minimum atomic E-state index is -0.631. The number of hydrazine groups is 1. The third kappa shape index (κ3) is 2.64. The fraction of sp³-hybridized carbons (Fsp3) is 0.333. The van der Waals surface area contributed by atoms with Crippen LogP contribution in [0.3, 0.4) is 0 Å². The Hall–Kier alpha value is -1.66. The summed E-state index contributed by atoms with van der Waals surface area (Å²) in [6.07, 6.45) is 1.98. The predicted octanol–water partition coefficient (Wildman–Crippen LogP) is -1.14. The van der Waals surface area contributed by atoms with Gasteiger partial charge in [-0.2, -0.15) is 0 Å². The molecule has 1 aliphatic rings. The fourth-order valence-electron chi connectivity index (χ4n) is 1.14. The number of hydrogen-bond donors (Lipinski definition) is 3. The van der Waals surface area contributed by atoms with Crippen LogP contribution in [0.25, 0.3) is 0 Å². The molecule has 0 unspecified atom stereocenters. The lowest BCUT2D eigenvalue weighted by atomic mass is 10.1. The van der Waals surface area contributed by atoms with Crippen LogP contribution in [-0.2, 0) is 9.59 Å². The van der Waals surface area contributed by atoms with Gasteiger partial charge in [0.1, 0.15) is 5.70 Å². The highest BCUT2D eigenvalue weighted by atomic mass is 16.3. The van der Waals surface area contributed by atoms with Crippen molar-refractivity contribution in [2.24, 2.45) is 5.84 Å². The molecule has 0 saturated heterocycles. The van der Waals surface area contributed by atoms with Crippen LogP contribution in [0.2, 0.25) is 0 Å². The second-order valence-electron chi connectivity index (χ2n) is 3.09. The van der Waals surface area contributed by atoms with Crippen molar-refractivity contribution < 1.29 is 14.7 Å². The number of carbonyl (C=O) groups excluding carboxylic acids is 2. The van der Waals surface area contributed by atoms with E-state index >= 15 is 0 Å². The predicted molar refractivity (Wildman–Crippen MR) is 53.6 cm³/mol. The zero-order valence-corrected chi connectivity index (χ0v) is 8.36. The summed E-state index contributed by atoms with van der Waals surface area (Å²) in [5.74, 6) is 3.92. The van der Waals surface area contributed by atoms with Gasteiger partial charge in [0.15, 0.2) is 11.5 Å². The van der Waals surface area contributed by atoms with Gasteiger partial charge in [-0.3, -0.25) is 9.59 Å². The summed E-state index contributed by atoms with van der Waals surface area (Å²) < 4.78 is 0. The van der Waals surface area contributed by atoms with Crippen molar-refractivity contribution in [2.45, 2.75) is 0 Å². The van der Waals surface area contributed by atoms with Crippen LogP contribution in [0.5, 0.6) is 0 Å². The van der Waals surface area contributed by atoms with Crippen molar-refractivity contribution in [1.82, 2.24) is 10.3 Å². The monoisotopic (exact) mass is 211 g/mol. The Morgan fingerprint density at radius 3 is 2.73 bits per heavy atom. The van der Waals surface area contributed by atoms with Crippen molar-refractivity contribution in [1.29, 1.82) is 0 Å². The van der Waals surface area contributed by atoms with Crippen molar-refractivity contribution in [3.8, 4) is 0 Å². The first-order chi connectivity index (χ1) is 7.06. The number of nitrogens with two attached hydrogens (primary N) is 1. The van der Waals surface area contributed by atoms with E-state index in [4.69, 9.17) is 10.9 Å². The van der Waals surface area contributed by atoms with E-state index in [-0.39, 0.29) is 5.70 Å². The topological polar surface area (TPSA) is 95.7 Å². The molecule has 0 amide bonds. The average Bonchev–Trinajstić information content (AvgIpc) is 2.19. The molecule has 6 heteroatoms. The molecule has 0 fully saturated rings. The normalized spacial score (nSPS) is 16.1. The van der Waals surface area contributed by atoms with E-state index < -0.39 is 17.3 Å². The van der Waals surface area contributed by atoms with E-state index in [2.05, 4.69) is 5.32 Å². The van der Waals surface area contributed by atoms with Gasteiger partial charge in [-0.15, -0.1) is 0 Å². The first-order valence-electron chi connectivity index (χ1n) is 4.44. The van der Waals surface area contributed by atoms with Gasteiger partial charge < -0.3 is 15.4 Å². The Kier molecular flexibility index (Phi) is 3.59. The number of nitrogens with one attached hydrogen (secondary N) is 1. The molecular formula is C9H13N3O3. The third-order valence-electron chi connectivity index (χ3n) is 1.94. The molecule has 0 aromatic carbocycles. The number of carbonyl (C=O) groups is 2. The summed E-state index contributed by atoms with van der Waals surface area (Å²) in [4.78, 5) is 22.4. The fourth-order valence-corrected chi connectivity index (χ4v) is 1.14. The number of Topliss-reactive ketones (excluding diaryl/α,β-unsaturated/α-hetero) is 1. The smallest absolute Gasteiger partial charge is 0.244 e. The Morgan fingerprint density at radius 1 is 1.47 bits per heavy atom. The van der Waals surface area contributed by atoms with Gasteiger partial charge >= 0.3 is 0 Å². The largest absolute Gasteiger partial charge is 0.504 e. The molecule has 0 aromatic rings. The Bertz CT molecular complexity index is 347. The zero-order chi connectivity index (χ0) is 11.4. The number of hydrogen-bond acceptors (Lipinski definition) is 6. The maximum absolute atomic E-state index is 11.4. The molecule has 0 radical (unpaired) electrons. The summed E-state index contributed by atoms with van der Waals surface area (Å²) >= 11 is 0. The van der Waals surface area contributed by atoms with Crippen molar-refractivity contribution >= 4 is 11.6 Å². The minimum absolute atomic E-state index is 0.00949. The number of ketones is 2. The highest BCUT2D eigenvalue weighted by Crippen LogP contribution is 2.12. The molecule has 0 heterocycles. The number of aliphatic hydroxyl groups excluding tert-OH is 1. The molecule has 0 aromatic heterocycles. The third-order valence-corrected chi connectivity index (χ3v) is 1.94. The lowest BCUT2D eigenvalue weighted by Gasteiger charge is -2.21. The summed E-state index contributed by atoms with van der Waals surface area (Å²) in [7, 11) is 1.74. The average molecular weight is 211 g/mol. The number of aliphatic hydroxyl groups is 1. The lowest BCUT2D eigenvalue weighted by Crippen LogP contribution is -2.40. The minimum Gasteiger partial charge on any atom is -0.504 e. The second-order valence-corrected chi connectivity index (χ2v) is 3.09. The number of nitrogens with zero attached hydrogens (tertiary/aromatic N) is 1. The van der Waals surface area contributed by atoms with Gasteiger partial charge in [0.25, 0.3) is 0 Å². The Balaban J connectivity index is 2.77. The number of rotatable bonds is 4. The first-order valence-corrected chi connectivity index (χ1v) is 4.44. The van der Waals surface area contributed by atoms with Gasteiger partial charge in [0, 0.05) is 25.2 Å². The van der Waals surface area contributed by atoms with Crippen LogP contribution in [-0.4, -0.2) is 41.8 Å². The zero-order valence-electron chi connectivity index (χ0n) is 8.36.